The Morgan fingerprint density at radius 3 is 2.75 bits per heavy atom. The molecule has 1 saturated heterocycles. The third kappa shape index (κ3) is 3.93. The molecule has 4 heteroatoms. The Morgan fingerprint density at radius 2 is 2.15 bits per heavy atom. The molecule has 1 aromatic carbocycles. The van der Waals surface area contributed by atoms with E-state index in [-0.39, 0.29) is 17.5 Å². The maximum absolute atomic E-state index is 13.5. The van der Waals surface area contributed by atoms with Gasteiger partial charge < -0.3 is 15.0 Å². The van der Waals surface area contributed by atoms with Crippen LogP contribution in [0.15, 0.2) is 18.2 Å². The van der Waals surface area contributed by atoms with E-state index in [0.717, 1.165) is 30.8 Å². The first-order chi connectivity index (χ1) is 9.39. The molecular formula is C16H25FN2O. The van der Waals surface area contributed by atoms with Crippen molar-refractivity contribution < 1.29 is 9.13 Å². The molecular weight excluding hydrogens is 255 g/mol. The van der Waals surface area contributed by atoms with E-state index >= 15 is 0 Å². The molecule has 1 N–H and O–H groups in total. The van der Waals surface area contributed by atoms with Crippen molar-refractivity contribution in [2.45, 2.75) is 45.4 Å². The first-order valence-corrected chi connectivity index (χ1v) is 7.20. The van der Waals surface area contributed by atoms with Crippen LogP contribution in [0.5, 0.6) is 0 Å². The van der Waals surface area contributed by atoms with E-state index in [4.69, 9.17) is 4.74 Å². The molecule has 1 heterocycles. The minimum Gasteiger partial charge on any atom is -0.380 e. The van der Waals surface area contributed by atoms with Gasteiger partial charge in [0.15, 0.2) is 0 Å². The molecule has 0 amide bonds. The third-order valence-electron chi connectivity index (χ3n) is 3.67. The molecule has 0 spiro atoms. The summed E-state index contributed by atoms with van der Waals surface area (Å²) in [5.41, 5.74) is 2.14. The van der Waals surface area contributed by atoms with Gasteiger partial charge in [0, 0.05) is 38.0 Å². The number of anilines is 1. The zero-order valence-corrected chi connectivity index (χ0v) is 12.9. The lowest BCUT2D eigenvalue weighted by Gasteiger charge is -2.25. The van der Waals surface area contributed by atoms with Gasteiger partial charge >= 0.3 is 0 Å². The quantitative estimate of drug-likeness (QED) is 0.917. The van der Waals surface area contributed by atoms with Gasteiger partial charge in [-0.3, -0.25) is 0 Å². The zero-order chi connectivity index (χ0) is 14.8. The average molecular weight is 280 g/mol. The average Bonchev–Trinajstić information content (AvgIpc) is 2.84. The molecule has 1 unspecified atom stereocenters. The summed E-state index contributed by atoms with van der Waals surface area (Å²) in [6, 6.07) is 5.05. The fraction of sp³-hybridized carbons (Fsp3) is 0.625. The number of nitrogens with zero attached hydrogens (tertiary/aromatic N) is 1. The molecule has 0 radical (unpaired) electrons. The largest absolute Gasteiger partial charge is 0.380 e. The predicted octanol–water partition coefficient (Wildman–Crippen LogP) is 2.94. The summed E-state index contributed by atoms with van der Waals surface area (Å²) in [5, 5.41) is 3.43. The highest BCUT2D eigenvalue weighted by atomic mass is 19.1. The number of methoxy groups -OCH3 is 1. The van der Waals surface area contributed by atoms with Crippen LogP contribution in [0.1, 0.15) is 32.8 Å². The van der Waals surface area contributed by atoms with Gasteiger partial charge in [-0.05, 0) is 51.0 Å². The molecule has 2 rings (SSSR count). The normalized spacial score (nSPS) is 19.6. The van der Waals surface area contributed by atoms with Crippen molar-refractivity contribution in [3.05, 3.63) is 29.6 Å². The molecule has 3 nitrogen and oxygen atoms in total. The van der Waals surface area contributed by atoms with E-state index in [2.05, 4.69) is 31.0 Å². The molecule has 112 valence electrons. The lowest BCUT2D eigenvalue weighted by Crippen LogP contribution is -2.35. The van der Waals surface area contributed by atoms with E-state index in [9.17, 15) is 4.39 Å². The van der Waals surface area contributed by atoms with Crippen molar-refractivity contribution >= 4 is 5.69 Å². The minimum atomic E-state index is -0.179. The van der Waals surface area contributed by atoms with Gasteiger partial charge in [0.25, 0.3) is 0 Å². The first-order valence-electron chi connectivity index (χ1n) is 7.20. The second-order valence-electron chi connectivity index (χ2n) is 6.47. The van der Waals surface area contributed by atoms with Crippen LogP contribution in [0.3, 0.4) is 0 Å². The van der Waals surface area contributed by atoms with E-state index in [1.54, 1.807) is 13.2 Å². The fourth-order valence-electron chi connectivity index (χ4n) is 2.50. The van der Waals surface area contributed by atoms with Gasteiger partial charge in [0.05, 0.1) is 6.10 Å². The summed E-state index contributed by atoms with van der Waals surface area (Å²) >= 11 is 0. The number of halogens is 1. The number of ether oxygens (including phenoxy) is 1. The van der Waals surface area contributed by atoms with Gasteiger partial charge in [-0.25, -0.2) is 4.39 Å². The Morgan fingerprint density at radius 1 is 1.40 bits per heavy atom. The van der Waals surface area contributed by atoms with Crippen LogP contribution in [0.4, 0.5) is 10.1 Å². The van der Waals surface area contributed by atoms with Gasteiger partial charge in [-0.1, -0.05) is 0 Å². The van der Waals surface area contributed by atoms with Crippen LogP contribution < -0.4 is 10.2 Å². The molecule has 0 aromatic heterocycles. The SMILES string of the molecule is COC1CCN(c2ccc(F)cc2CNC(C)(C)C)C1. The van der Waals surface area contributed by atoms with E-state index < -0.39 is 0 Å². The smallest absolute Gasteiger partial charge is 0.123 e. The summed E-state index contributed by atoms with van der Waals surface area (Å²) in [5.74, 6) is -0.179. The van der Waals surface area contributed by atoms with Crippen molar-refractivity contribution in [2.24, 2.45) is 0 Å². The fourth-order valence-corrected chi connectivity index (χ4v) is 2.50. The van der Waals surface area contributed by atoms with Gasteiger partial charge in [-0.2, -0.15) is 0 Å². The molecule has 0 bridgehead atoms. The molecule has 1 aromatic rings. The second kappa shape index (κ2) is 6.10. The Labute approximate surface area is 121 Å². The number of nitrogens with one attached hydrogen (secondary N) is 1. The van der Waals surface area contributed by atoms with Gasteiger partial charge in [0.1, 0.15) is 5.82 Å². The second-order valence-corrected chi connectivity index (χ2v) is 6.47. The van der Waals surface area contributed by atoms with Crippen LogP contribution in [-0.4, -0.2) is 31.8 Å². The van der Waals surface area contributed by atoms with Crippen LogP contribution in [-0.2, 0) is 11.3 Å². The highest BCUT2D eigenvalue weighted by Crippen LogP contribution is 2.26. The van der Waals surface area contributed by atoms with Crippen molar-refractivity contribution in [1.82, 2.24) is 5.32 Å². The summed E-state index contributed by atoms with van der Waals surface area (Å²) in [4.78, 5) is 2.28. The number of hydrogen-bond acceptors (Lipinski definition) is 3. The minimum absolute atomic E-state index is 0.0175. The Kier molecular flexibility index (Phi) is 4.66. The van der Waals surface area contributed by atoms with Crippen LogP contribution in [0.25, 0.3) is 0 Å². The van der Waals surface area contributed by atoms with Crippen LogP contribution >= 0.6 is 0 Å². The monoisotopic (exact) mass is 280 g/mol. The zero-order valence-electron chi connectivity index (χ0n) is 12.9. The van der Waals surface area contributed by atoms with Gasteiger partial charge in [-0.15, -0.1) is 0 Å². The third-order valence-corrected chi connectivity index (χ3v) is 3.67. The van der Waals surface area contributed by atoms with E-state index in [1.807, 2.05) is 6.07 Å². The predicted molar refractivity (Wildman–Crippen MR) is 80.6 cm³/mol. The number of benzene rings is 1. The number of hydrogen-bond donors (Lipinski definition) is 1. The van der Waals surface area contributed by atoms with Gasteiger partial charge in [0.2, 0.25) is 0 Å². The first kappa shape index (κ1) is 15.3. The summed E-state index contributed by atoms with van der Waals surface area (Å²) in [7, 11) is 1.75. The van der Waals surface area contributed by atoms with Crippen molar-refractivity contribution in [3.63, 3.8) is 0 Å². The maximum atomic E-state index is 13.5. The van der Waals surface area contributed by atoms with E-state index in [0.29, 0.717) is 6.54 Å². The Bertz CT molecular complexity index is 456. The number of rotatable bonds is 4. The lowest BCUT2D eigenvalue weighted by atomic mass is 10.1. The molecule has 0 aliphatic carbocycles. The van der Waals surface area contributed by atoms with Crippen molar-refractivity contribution in [3.8, 4) is 0 Å². The Hall–Kier alpha value is -1.13. The van der Waals surface area contributed by atoms with Crippen LogP contribution in [0, 0.1) is 5.82 Å². The summed E-state index contributed by atoms with van der Waals surface area (Å²) in [6.45, 7) is 8.86. The standard InChI is InChI=1S/C16H25FN2O/c1-16(2,3)18-10-12-9-13(17)5-6-15(12)19-8-7-14(11-19)20-4/h5-6,9,14,18H,7-8,10-11H2,1-4H3. The highest BCUT2D eigenvalue weighted by Gasteiger charge is 2.24. The topological polar surface area (TPSA) is 24.5 Å². The van der Waals surface area contributed by atoms with Crippen LogP contribution in [0.2, 0.25) is 0 Å². The van der Waals surface area contributed by atoms with E-state index in [1.165, 1.54) is 6.07 Å². The Balaban J connectivity index is 2.16. The molecule has 1 aliphatic heterocycles. The molecule has 1 atom stereocenters. The van der Waals surface area contributed by atoms with Crippen molar-refractivity contribution in [1.29, 1.82) is 0 Å². The summed E-state index contributed by atoms with van der Waals surface area (Å²) in [6.07, 6.45) is 1.31. The van der Waals surface area contributed by atoms with Crippen molar-refractivity contribution in [2.75, 3.05) is 25.1 Å². The lowest BCUT2D eigenvalue weighted by molar-refractivity contribution is 0.121. The highest BCUT2D eigenvalue weighted by molar-refractivity contribution is 5.54. The molecule has 20 heavy (non-hydrogen) atoms. The summed E-state index contributed by atoms with van der Waals surface area (Å²) < 4.78 is 18.9. The molecule has 0 saturated carbocycles. The molecule has 1 fully saturated rings. The molecule has 1 aliphatic rings. The maximum Gasteiger partial charge on any atom is 0.123 e.